The Labute approximate surface area is 83.3 Å². The van der Waals surface area contributed by atoms with E-state index in [0.29, 0.717) is 5.65 Å². The Morgan fingerprint density at radius 2 is 2.31 bits per heavy atom. The van der Waals surface area contributed by atoms with Gasteiger partial charge in [-0.1, -0.05) is 22.0 Å². The average molecular weight is 239 g/mol. The first-order chi connectivity index (χ1) is 6.42. The second-order valence-corrected chi connectivity index (χ2v) is 3.06. The van der Waals surface area contributed by atoms with Crippen LogP contribution in [0.3, 0.4) is 0 Å². The Hall–Kier alpha value is -1.23. The molecule has 0 amide bonds. The monoisotopic (exact) mass is 238 g/mol. The number of aromatic amines is 1. The molecule has 0 aliphatic heterocycles. The van der Waals surface area contributed by atoms with Gasteiger partial charge in [-0.3, -0.25) is 0 Å². The fourth-order valence-electron chi connectivity index (χ4n) is 1.07. The van der Waals surface area contributed by atoms with E-state index in [0.717, 1.165) is 16.5 Å². The Morgan fingerprint density at radius 3 is 3.15 bits per heavy atom. The Kier molecular flexibility index (Phi) is 2.35. The van der Waals surface area contributed by atoms with Crippen LogP contribution in [0.15, 0.2) is 18.7 Å². The first-order valence-electron chi connectivity index (χ1n) is 3.78. The number of hydrogen-bond donors (Lipinski definition) is 1. The van der Waals surface area contributed by atoms with Gasteiger partial charge < -0.3 is 4.98 Å². The minimum Gasteiger partial charge on any atom is -0.341 e. The molecule has 0 radical (unpaired) electrons. The zero-order chi connectivity index (χ0) is 9.10. The quantitative estimate of drug-likeness (QED) is 0.812. The maximum atomic E-state index is 4.13. The van der Waals surface area contributed by atoms with Crippen LogP contribution >= 0.6 is 15.9 Å². The van der Waals surface area contributed by atoms with Gasteiger partial charge in [0, 0.05) is 5.33 Å². The van der Waals surface area contributed by atoms with Gasteiger partial charge in [0.25, 0.3) is 0 Å². The normalized spacial score (nSPS) is 11.5. The lowest BCUT2D eigenvalue weighted by atomic mass is 10.3. The first kappa shape index (κ1) is 8.37. The van der Waals surface area contributed by atoms with Crippen LogP contribution in [0, 0.1) is 0 Å². The lowest BCUT2D eigenvalue weighted by Gasteiger charge is -1.92. The van der Waals surface area contributed by atoms with Gasteiger partial charge in [0.05, 0.1) is 12.0 Å². The Balaban J connectivity index is 2.54. The molecule has 2 rings (SSSR count). The summed E-state index contributed by atoms with van der Waals surface area (Å²) in [6, 6.07) is 0. The summed E-state index contributed by atoms with van der Waals surface area (Å²) < 4.78 is 0. The summed E-state index contributed by atoms with van der Waals surface area (Å²) in [5.41, 5.74) is 2.44. The van der Waals surface area contributed by atoms with Gasteiger partial charge in [0.2, 0.25) is 0 Å². The summed E-state index contributed by atoms with van der Waals surface area (Å²) in [5, 5.41) is 0.812. The molecule has 0 atom stereocenters. The fraction of sp³-hybridized carbons (Fsp3) is 0.125. The van der Waals surface area contributed by atoms with Crippen molar-refractivity contribution < 1.29 is 0 Å². The lowest BCUT2D eigenvalue weighted by molar-refractivity contribution is 1.18. The van der Waals surface area contributed by atoms with E-state index >= 15 is 0 Å². The number of allylic oxidation sites excluding steroid dienone is 1. The number of H-pyrrole nitrogens is 1. The van der Waals surface area contributed by atoms with Crippen molar-refractivity contribution in [1.29, 1.82) is 0 Å². The third-order valence-corrected chi connectivity index (χ3v) is 1.99. The zero-order valence-electron chi connectivity index (χ0n) is 6.74. The summed E-state index contributed by atoms with van der Waals surface area (Å²) in [5.74, 6) is 0. The SMILES string of the molecule is BrCC=Cc1ncnc2nc[nH]c12. The van der Waals surface area contributed by atoms with Crippen LogP contribution in [0.5, 0.6) is 0 Å². The van der Waals surface area contributed by atoms with E-state index in [-0.39, 0.29) is 0 Å². The summed E-state index contributed by atoms with van der Waals surface area (Å²) in [4.78, 5) is 15.2. The fourth-order valence-corrected chi connectivity index (χ4v) is 1.25. The number of aromatic nitrogens is 4. The van der Waals surface area contributed by atoms with Gasteiger partial charge in [-0.15, -0.1) is 0 Å². The molecule has 66 valence electrons. The van der Waals surface area contributed by atoms with E-state index in [1.54, 1.807) is 6.33 Å². The molecular weight excluding hydrogens is 232 g/mol. The molecule has 0 spiro atoms. The van der Waals surface area contributed by atoms with Crippen LogP contribution < -0.4 is 0 Å². The molecule has 0 fully saturated rings. The molecule has 0 aliphatic carbocycles. The minimum atomic E-state index is 0.698. The number of hydrogen-bond acceptors (Lipinski definition) is 3. The van der Waals surface area contributed by atoms with Crippen LogP contribution in [-0.2, 0) is 0 Å². The molecule has 4 nitrogen and oxygen atoms in total. The van der Waals surface area contributed by atoms with Crippen LogP contribution in [-0.4, -0.2) is 25.3 Å². The average Bonchev–Trinajstić information content (AvgIpc) is 2.62. The third kappa shape index (κ3) is 1.60. The van der Waals surface area contributed by atoms with Crippen molar-refractivity contribution >= 4 is 33.2 Å². The lowest BCUT2D eigenvalue weighted by Crippen LogP contribution is -1.86. The Morgan fingerprint density at radius 1 is 1.38 bits per heavy atom. The molecule has 0 aromatic carbocycles. The molecule has 0 unspecified atom stereocenters. The maximum absolute atomic E-state index is 4.13. The summed E-state index contributed by atoms with van der Waals surface area (Å²) in [6.07, 6.45) is 7.03. The summed E-state index contributed by atoms with van der Waals surface area (Å²) in [7, 11) is 0. The maximum Gasteiger partial charge on any atom is 0.181 e. The van der Waals surface area contributed by atoms with Crippen LogP contribution in [0.25, 0.3) is 17.2 Å². The standard InChI is InChI=1S/C8H7BrN4/c9-3-1-2-6-7-8(12-4-10-6)13-5-11-7/h1-2,4-5H,3H2,(H,10,11,12,13). The van der Waals surface area contributed by atoms with Crippen LogP contribution in [0.1, 0.15) is 5.69 Å². The van der Waals surface area contributed by atoms with Crippen molar-refractivity contribution in [1.82, 2.24) is 19.9 Å². The van der Waals surface area contributed by atoms with Crippen LogP contribution in [0.4, 0.5) is 0 Å². The summed E-state index contributed by atoms with van der Waals surface area (Å²) >= 11 is 3.31. The van der Waals surface area contributed by atoms with Crippen LogP contribution in [0.2, 0.25) is 0 Å². The van der Waals surface area contributed by atoms with Crippen molar-refractivity contribution in [3.63, 3.8) is 0 Å². The molecule has 2 aromatic heterocycles. The molecule has 5 heteroatoms. The predicted molar refractivity (Wildman–Crippen MR) is 54.5 cm³/mol. The third-order valence-electron chi connectivity index (χ3n) is 1.62. The van der Waals surface area contributed by atoms with E-state index in [2.05, 4.69) is 35.9 Å². The van der Waals surface area contributed by atoms with Gasteiger partial charge in [0.15, 0.2) is 5.65 Å². The van der Waals surface area contributed by atoms with E-state index < -0.39 is 0 Å². The van der Waals surface area contributed by atoms with Crippen molar-refractivity contribution in [2.24, 2.45) is 0 Å². The van der Waals surface area contributed by atoms with Gasteiger partial charge in [-0.2, -0.15) is 0 Å². The molecule has 13 heavy (non-hydrogen) atoms. The van der Waals surface area contributed by atoms with Crippen molar-refractivity contribution in [3.8, 4) is 0 Å². The van der Waals surface area contributed by atoms with Gasteiger partial charge in [0.1, 0.15) is 11.8 Å². The second-order valence-electron chi connectivity index (χ2n) is 2.42. The van der Waals surface area contributed by atoms with Crippen molar-refractivity contribution in [2.45, 2.75) is 0 Å². The molecule has 2 aromatic rings. The van der Waals surface area contributed by atoms with E-state index in [4.69, 9.17) is 0 Å². The van der Waals surface area contributed by atoms with E-state index in [1.807, 2.05) is 12.2 Å². The molecular formula is C8H7BrN4. The summed E-state index contributed by atoms with van der Waals surface area (Å²) in [6.45, 7) is 0. The van der Waals surface area contributed by atoms with Crippen molar-refractivity contribution in [3.05, 3.63) is 24.4 Å². The van der Waals surface area contributed by atoms with Crippen molar-refractivity contribution in [2.75, 3.05) is 5.33 Å². The number of alkyl halides is 1. The zero-order valence-corrected chi connectivity index (χ0v) is 8.32. The first-order valence-corrected chi connectivity index (χ1v) is 4.90. The highest BCUT2D eigenvalue weighted by atomic mass is 79.9. The highest BCUT2D eigenvalue weighted by molar-refractivity contribution is 9.09. The highest BCUT2D eigenvalue weighted by Crippen LogP contribution is 2.10. The number of fused-ring (bicyclic) bond motifs is 1. The smallest absolute Gasteiger partial charge is 0.181 e. The number of imidazole rings is 1. The predicted octanol–water partition coefficient (Wildman–Crippen LogP) is 1.76. The molecule has 0 bridgehead atoms. The van der Waals surface area contributed by atoms with E-state index in [9.17, 15) is 0 Å². The second kappa shape index (κ2) is 3.66. The molecule has 0 saturated heterocycles. The van der Waals surface area contributed by atoms with Gasteiger partial charge >= 0.3 is 0 Å². The number of rotatable bonds is 2. The minimum absolute atomic E-state index is 0.698. The Bertz CT molecular complexity index is 434. The molecule has 1 N–H and O–H groups in total. The number of nitrogens with zero attached hydrogens (tertiary/aromatic N) is 3. The van der Waals surface area contributed by atoms with Gasteiger partial charge in [-0.05, 0) is 6.08 Å². The van der Waals surface area contributed by atoms with E-state index in [1.165, 1.54) is 6.33 Å². The van der Waals surface area contributed by atoms with Gasteiger partial charge in [-0.25, -0.2) is 15.0 Å². The number of halogens is 1. The topological polar surface area (TPSA) is 54.5 Å². The molecule has 0 saturated carbocycles. The largest absolute Gasteiger partial charge is 0.341 e. The molecule has 0 aliphatic rings. The number of nitrogens with one attached hydrogen (secondary N) is 1. The molecule has 2 heterocycles. The highest BCUT2D eigenvalue weighted by Gasteiger charge is 2.00.